The van der Waals surface area contributed by atoms with E-state index in [9.17, 15) is 4.39 Å². The molecule has 0 aliphatic heterocycles. The number of hydrogen-bond donors (Lipinski definition) is 1. The molecular weight excluding hydrogens is 317 g/mol. The average Bonchev–Trinajstić information content (AvgIpc) is 2.54. The number of hydrogen-bond acceptors (Lipinski definition) is 3. The van der Waals surface area contributed by atoms with E-state index < -0.39 is 0 Å². The van der Waals surface area contributed by atoms with Crippen LogP contribution in [0.2, 0.25) is 5.02 Å². The monoisotopic (exact) mass is 337 g/mol. The summed E-state index contributed by atoms with van der Waals surface area (Å²) >= 11 is 6.08. The molecular formula is C18H21ClFNO2. The second-order valence-electron chi connectivity index (χ2n) is 5.28. The van der Waals surface area contributed by atoms with Crippen LogP contribution in [0.5, 0.6) is 11.5 Å². The van der Waals surface area contributed by atoms with E-state index in [4.69, 9.17) is 21.1 Å². The quantitative estimate of drug-likeness (QED) is 0.812. The van der Waals surface area contributed by atoms with Gasteiger partial charge in [0.05, 0.1) is 14.2 Å². The molecule has 0 heterocycles. The summed E-state index contributed by atoms with van der Waals surface area (Å²) in [6, 6.07) is 10.4. The second kappa shape index (κ2) is 8.18. The number of rotatable bonds is 7. The molecule has 0 fully saturated rings. The Morgan fingerprint density at radius 1 is 1.09 bits per heavy atom. The van der Waals surface area contributed by atoms with Gasteiger partial charge in [-0.2, -0.15) is 0 Å². The molecule has 1 atom stereocenters. The van der Waals surface area contributed by atoms with E-state index >= 15 is 0 Å². The topological polar surface area (TPSA) is 30.5 Å². The molecule has 0 saturated heterocycles. The first-order valence-corrected chi connectivity index (χ1v) is 7.82. The van der Waals surface area contributed by atoms with Gasteiger partial charge in [0.15, 0.2) is 11.5 Å². The molecule has 0 saturated carbocycles. The van der Waals surface area contributed by atoms with Crippen molar-refractivity contribution in [3.05, 3.63) is 58.4 Å². The van der Waals surface area contributed by atoms with Gasteiger partial charge in [-0.15, -0.1) is 0 Å². The fourth-order valence-corrected chi connectivity index (χ4v) is 2.76. The Bertz CT molecular complexity index is 663. The van der Waals surface area contributed by atoms with E-state index in [0.29, 0.717) is 5.02 Å². The molecule has 5 heteroatoms. The molecule has 0 aliphatic carbocycles. The molecule has 2 aromatic rings. The Morgan fingerprint density at radius 3 is 2.48 bits per heavy atom. The molecule has 2 aromatic carbocycles. The predicted molar refractivity (Wildman–Crippen MR) is 91.1 cm³/mol. The van der Waals surface area contributed by atoms with Gasteiger partial charge in [0, 0.05) is 11.1 Å². The summed E-state index contributed by atoms with van der Waals surface area (Å²) < 4.78 is 23.6. The highest BCUT2D eigenvalue weighted by molar-refractivity contribution is 6.31. The number of benzene rings is 2. The van der Waals surface area contributed by atoms with Crippen LogP contribution in [0.25, 0.3) is 0 Å². The maximum absolute atomic E-state index is 13.1. The van der Waals surface area contributed by atoms with Crippen LogP contribution in [0.15, 0.2) is 36.4 Å². The minimum absolute atomic E-state index is 0.0447. The SMILES string of the molecule is COc1ccc(CCNC(C)c2ccc(F)cc2Cl)cc1OC. The summed E-state index contributed by atoms with van der Waals surface area (Å²) in [7, 11) is 3.24. The van der Waals surface area contributed by atoms with Gasteiger partial charge in [0.2, 0.25) is 0 Å². The lowest BCUT2D eigenvalue weighted by molar-refractivity contribution is 0.354. The highest BCUT2D eigenvalue weighted by Gasteiger charge is 2.10. The minimum atomic E-state index is -0.323. The maximum Gasteiger partial charge on any atom is 0.160 e. The molecule has 1 N–H and O–H groups in total. The van der Waals surface area contributed by atoms with Crippen LogP contribution in [-0.2, 0) is 6.42 Å². The molecule has 0 radical (unpaired) electrons. The van der Waals surface area contributed by atoms with Crippen molar-refractivity contribution >= 4 is 11.6 Å². The van der Waals surface area contributed by atoms with Crippen molar-refractivity contribution in [3.63, 3.8) is 0 Å². The highest BCUT2D eigenvalue weighted by atomic mass is 35.5. The first-order chi connectivity index (χ1) is 11.0. The van der Waals surface area contributed by atoms with E-state index in [1.54, 1.807) is 20.3 Å². The van der Waals surface area contributed by atoms with E-state index in [-0.39, 0.29) is 11.9 Å². The molecule has 0 bridgehead atoms. The van der Waals surface area contributed by atoms with Crippen LogP contribution in [0.1, 0.15) is 24.1 Å². The molecule has 2 rings (SSSR count). The average molecular weight is 338 g/mol. The maximum atomic E-state index is 13.1. The zero-order valence-corrected chi connectivity index (χ0v) is 14.3. The molecule has 0 aliphatic rings. The fourth-order valence-electron chi connectivity index (χ4n) is 2.43. The van der Waals surface area contributed by atoms with Crippen LogP contribution >= 0.6 is 11.6 Å². The summed E-state index contributed by atoms with van der Waals surface area (Å²) in [5.74, 6) is 1.12. The first kappa shape index (κ1) is 17.6. The van der Waals surface area contributed by atoms with Gasteiger partial charge in [0.1, 0.15) is 5.82 Å². The van der Waals surface area contributed by atoms with Crippen molar-refractivity contribution in [3.8, 4) is 11.5 Å². The Kier molecular flexibility index (Phi) is 6.25. The zero-order valence-electron chi connectivity index (χ0n) is 13.5. The lowest BCUT2D eigenvalue weighted by Crippen LogP contribution is -2.21. The van der Waals surface area contributed by atoms with Crippen LogP contribution in [0, 0.1) is 5.82 Å². The Labute approximate surface area is 141 Å². The Balaban J connectivity index is 1.94. The molecule has 3 nitrogen and oxygen atoms in total. The van der Waals surface area contributed by atoms with Crippen molar-refractivity contribution in [2.45, 2.75) is 19.4 Å². The van der Waals surface area contributed by atoms with Gasteiger partial charge < -0.3 is 14.8 Å². The summed E-state index contributed by atoms with van der Waals surface area (Å²) in [4.78, 5) is 0. The Morgan fingerprint density at radius 2 is 1.83 bits per heavy atom. The van der Waals surface area contributed by atoms with Crippen molar-refractivity contribution < 1.29 is 13.9 Å². The minimum Gasteiger partial charge on any atom is -0.493 e. The van der Waals surface area contributed by atoms with E-state index in [2.05, 4.69) is 5.32 Å². The lowest BCUT2D eigenvalue weighted by atomic mass is 10.1. The van der Waals surface area contributed by atoms with Crippen molar-refractivity contribution in [1.82, 2.24) is 5.32 Å². The largest absolute Gasteiger partial charge is 0.493 e. The highest BCUT2D eigenvalue weighted by Crippen LogP contribution is 2.28. The van der Waals surface area contributed by atoms with Gasteiger partial charge in [0.25, 0.3) is 0 Å². The number of nitrogens with one attached hydrogen (secondary N) is 1. The van der Waals surface area contributed by atoms with Gasteiger partial charge in [-0.1, -0.05) is 23.7 Å². The van der Waals surface area contributed by atoms with E-state index in [1.165, 1.54) is 12.1 Å². The number of halogens is 2. The number of ether oxygens (including phenoxy) is 2. The summed E-state index contributed by atoms with van der Waals surface area (Å²) in [6.45, 7) is 2.78. The standard InChI is InChI=1S/C18H21ClFNO2/c1-12(15-6-5-14(20)11-16(15)19)21-9-8-13-4-7-17(22-2)18(10-13)23-3/h4-7,10-12,21H,8-9H2,1-3H3. The molecule has 124 valence electrons. The smallest absolute Gasteiger partial charge is 0.160 e. The normalized spacial score (nSPS) is 12.0. The van der Waals surface area contributed by atoms with Gasteiger partial charge >= 0.3 is 0 Å². The molecule has 23 heavy (non-hydrogen) atoms. The van der Waals surface area contributed by atoms with Crippen LogP contribution in [-0.4, -0.2) is 20.8 Å². The van der Waals surface area contributed by atoms with Crippen molar-refractivity contribution in [1.29, 1.82) is 0 Å². The first-order valence-electron chi connectivity index (χ1n) is 7.44. The van der Waals surface area contributed by atoms with Crippen LogP contribution in [0.3, 0.4) is 0 Å². The van der Waals surface area contributed by atoms with E-state index in [1.807, 2.05) is 25.1 Å². The van der Waals surface area contributed by atoms with Crippen LogP contribution in [0.4, 0.5) is 4.39 Å². The summed E-state index contributed by atoms with van der Waals surface area (Å²) in [6.07, 6.45) is 0.837. The number of methoxy groups -OCH3 is 2. The van der Waals surface area contributed by atoms with Crippen molar-refractivity contribution in [2.75, 3.05) is 20.8 Å². The predicted octanol–water partition coefficient (Wildman–Crippen LogP) is 4.39. The Hall–Kier alpha value is -1.78. The summed E-state index contributed by atoms with van der Waals surface area (Å²) in [5.41, 5.74) is 2.04. The fraction of sp³-hybridized carbons (Fsp3) is 0.333. The third-order valence-corrected chi connectivity index (χ3v) is 4.07. The van der Waals surface area contributed by atoms with Crippen LogP contribution < -0.4 is 14.8 Å². The van der Waals surface area contributed by atoms with E-state index in [0.717, 1.165) is 35.6 Å². The third-order valence-electron chi connectivity index (χ3n) is 3.74. The van der Waals surface area contributed by atoms with Crippen molar-refractivity contribution in [2.24, 2.45) is 0 Å². The molecule has 0 aromatic heterocycles. The summed E-state index contributed by atoms with van der Waals surface area (Å²) in [5, 5.41) is 3.84. The third kappa shape index (κ3) is 4.60. The lowest BCUT2D eigenvalue weighted by Gasteiger charge is -2.16. The van der Waals surface area contributed by atoms with Gasteiger partial charge in [-0.05, 0) is 55.3 Å². The van der Waals surface area contributed by atoms with Gasteiger partial charge in [-0.25, -0.2) is 4.39 Å². The zero-order chi connectivity index (χ0) is 16.8. The molecule has 0 amide bonds. The molecule has 1 unspecified atom stereocenters. The van der Waals surface area contributed by atoms with Gasteiger partial charge in [-0.3, -0.25) is 0 Å². The second-order valence-corrected chi connectivity index (χ2v) is 5.69. The molecule has 0 spiro atoms.